The Bertz CT molecular complexity index is 3490. The molecule has 2 nitrogen and oxygen atoms in total. The van der Waals surface area contributed by atoms with Gasteiger partial charge in [-0.15, -0.1) is 0 Å². The van der Waals surface area contributed by atoms with Crippen LogP contribution in [0.2, 0.25) is 0 Å². The smallest absolute Gasteiger partial charge is 0.198 e. The highest BCUT2D eigenvalue weighted by Crippen LogP contribution is 2.57. The fourth-order valence-corrected chi connectivity index (χ4v) is 14.5. The van der Waals surface area contributed by atoms with Crippen molar-refractivity contribution < 1.29 is 0 Å². The van der Waals surface area contributed by atoms with Crippen LogP contribution >= 0.6 is 23.5 Å². The molecule has 0 bridgehead atoms. The van der Waals surface area contributed by atoms with Crippen molar-refractivity contribution in [1.29, 1.82) is 0 Å². The van der Waals surface area contributed by atoms with Gasteiger partial charge in [-0.2, -0.15) is 0 Å². The SMILES string of the molecule is Cc1cc2c(cc1N1c3cc4c(cc3Bc3c(-c5cccc6c5Nc5ccccc5C6(c5ccccc5)c5ccccc5)cc(-c5ccccc5)cc31)Sc1ccccc1S4)C(C)(C)CCC2(C)C. The van der Waals surface area contributed by atoms with E-state index in [2.05, 4.69) is 239 Å². The molecule has 0 atom stereocenters. The molecular formula is C64H53BN2S2. The summed E-state index contributed by atoms with van der Waals surface area (Å²) in [6, 6.07) is 73.4. The summed E-state index contributed by atoms with van der Waals surface area (Å²) in [6.07, 6.45) is 2.34. The van der Waals surface area contributed by atoms with Gasteiger partial charge in [0.15, 0.2) is 7.28 Å². The number of para-hydroxylation sites is 2. The van der Waals surface area contributed by atoms with E-state index < -0.39 is 5.41 Å². The highest BCUT2D eigenvalue weighted by Gasteiger charge is 2.45. The maximum absolute atomic E-state index is 4.12. The molecule has 3 aliphatic heterocycles. The molecule has 0 fully saturated rings. The summed E-state index contributed by atoms with van der Waals surface area (Å²) in [5, 5.41) is 4.12. The standard InChI is InChI=1S/C64H53BN2S2/c1-40-34-49-50(63(4,5)33-32-62(49,2)3)37-53(40)67-54-39-59-58(68-56-30-17-18-31-57(56)69-59)38-51(54)65-60-46(35-42(36-55(60)67)41-20-9-6-10-21-41)45-26-19-28-48-61(45)66-52-29-16-15-27-47(52)64(48,43-22-11-7-12-23-43)44-24-13-8-14-25-44/h6-31,34-39,65-66H,32-33H2,1-5H3. The highest BCUT2D eigenvalue weighted by atomic mass is 32.2. The Labute approximate surface area is 416 Å². The number of nitrogens with zero attached hydrogens (tertiary/aromatic N) is 1. The molecule has 69 heavy (non-hydrogen) atoms. The lowest BCUT2D eigenvalue weighted by Gasteiger charge is -2.44. The fourth-order valence-electron chi connectivity index (χ4n) is 12.2. The Kier molecular flexibility index (Phi) is 9.81. The van der Waals surface area contributed by atoms with E-state index in [1.54, 1.807) is 0 Å². The van der Waals surface area contributed by atoms with Crippen LogP contribution in [0.15, 0.2) is 214 Å². The lowest BCUT2D eigenvalue weighted by molar-refractivity contribution is 0.332. The first-order valence-corrected chi connectivity index (χ1v) is 26.1. The number of fused-ring (bicyclic) bond motifs is 7. The third-order valence-corrected chi connectivity index (χ3v) is 18.3. The summed E-state index contributed by atoms with van der Waals surface area (Å²) in [7, 11) is 0.803. The Balaban J connectivity index is 1.11. The molecule has 9 aromatic rings. The quantitative estimate of drug-likeness (QED) is 0.173. The first-order valence-electron chi connectivity index (χ1n) is 24.5. The van der Waals surface area contributed by atoms with Crippen molar-refractivity contribution in [2.75, 3.05) is 10.2 Å². The third kappa shape index (κ3) is 6.64. The van der Waals surface area contributed by atoms with Crippen LogP contribution < -0.4 is 21.1 Å². The summed E-state index contributed by atoms with van der Waals surface area (Å²) in [5.74, 6) is 0. The highest BCUT2D eigenvalue weighted by molar-refractivity contribution is 8.05. The molecule has 0 saturated heterocycles. The van der Waals surface area contributed by atoms with Crippen molar-refractivity contribution in [3.63, 3.8) is 0 Å². The first-order chi connectivity index (χ1) is 33.6. The van der Waals surface area contributed by atoms with Gasteiger partial charge in [-0.1, -0.05) is 208 Å². The predicted octanol–water partition coefficient (Wildman–Crippen LogP) is 15.9. The summed E-state index contributed by atoms with van der Waals surface area (Å²) in [4.78, 5) is 7.97. The number of hydrogen-bond acceptors (Lipinski definition) is 4. The lowest BCUT2D eigenvalue weighted by Crippen LogP contribution is -2.42. The Hall–Kier alpha value is -6.66. The molecule has 9 aromatic carbocycles. The zero-order chi connectivity index (χ0) is 46.6. The predicted molar refractivity (Wildman–Crippen MR) is 295 cm³/mol. The van der Waals surface area contributed by atoms with Crippen molar-refractivity contribution in [2.24, 2.45) is 0 Å². The largest absolute Gasteiger partial charge is 0.354 e. The van der Waals surface area contributed by atoms with Crippen LogP contribution in [0.3, 0.4) is 0 Å². The molecule has 0 saturated carbocycles. The van der Waals surface area contributed by atoms with Crippen LogP contribution in [0.25, 0.3) is 22.3 Å². The minimum atomic E-state index is -0.573. The number of anilines is 5. The molecule has 1 N–H and O–H groups in total. The summed E-state index contributed by atoms with van der Waals surface area (Å²) in [5.41, 5.74) is 22.5. The van der Waals surface area contributed by atoms with Gasteiger partial charge in [-0.25, -0.2) is 0 Å². The second-order valence-corrected chi connectivity index (χ2v) is 23.0. The van der Waals surface area contributed by atoms with E-state index in [1.807, 2.05) is 23.5 Å². The third-order valence-electron chi connectivity index (χ3n) is 15.8. The molecule has 5 heteroatoms. The van der Waals surface area contributed by atoms with Gasteiger partial charge < -0.3 is 10.2 Å². The van der Waals surface area contributed by atoms with Gasteiger partial charge in [0, 0.05) is 47.9 Å². The molecule has 0 aromatic heterocycles. The van der Waals surface area contributed by atoms with E-state index >= 15 is 0 Å². The number of rotatable bonds is 5. The van der Waals surface area contributed by atoms with Crippen LogP contribution in [0, 0.1) is 6.92 Å². The molecule has 3 heterocycles. The van der Waals surface area contributed by atoms with E-state index in [0.29, 0.717) is 0 Å². The Morgan fingerprint density at radius 3 is 1.72 bits per heavy atom. The van der Waals surface area contributed by atoms with Crippen molar-refractivity contribution in [3.05, 3.63) is 233 Å². The number of aryl methyl sites for hydroxylation is 1. The van der Waals surface area contributed by atoms with Crippen molar-refractivity contribution >= 4 is 70.2 Å². The van der Waals surface area contributed by atoms with Gasteiger partial charge in [0.2, 0.25) is 0 Å². The van der Waals surface area contributed by atoms with Crippen molar-refractivity contribution in [3.8, 4) is 22.3 Å². The Morgan fingerprint density at radius 2 is 1.04 bits per heavy atom. The van der Waals surface area contributed by atoms with E-state index in [9.17, 15) is 0 Å². The molecule has 0 unspecified atom stereocenters. The monoisotopic (exact) mass is 924 g/mol. The first kappa shape index (κ1) is 42.4. The molecule has 4 aliphatic rings. The number of benzene rings is 9. The van der Waals surface area contributed by atoms with Gasteiger partial charge in [-0.05, 0) is 134 Å². The minimum Gasteiger partial charge on any atom is -0.354 e. The van der Waals surface area contributed by atoms with Crippen LogP contribution in [0.1, 0.15) is 79.5 Å². The molecule has 334 valence electrons. The summed E-state index contributed by atoms with van der Waals surface area (Å²) < 4.78 is 0. The Morgan fingerprint density at radius 1 is 0.464 bits per heavy atom. The van der Waals surface area contributed by atoms with Crippen molar-refractivity contribution in [2.45, 2.75) is 83.3 Å². The lowest BCUT2D eigenvalue weighted by atomic mass is 9.57. The van der Waals surface area contributed by atoms with Gasteiger partial charge in [0.25, 0.3) is 0 Å². The zero-order valence-electron chi connectivity index (χ0n) is 39.9. The minimum absolute atomic E-state index is 0.0485. The molecule has 0 spiro atoms. The fraction of sp³-hybridized carbons (Fsp3) is 0.156. The van der Waals surface area contributed by atoms with Crippen LogP contribution in [-0.4, -0.2) is 7.28 Å². The maximum atomic E-state index is 4.12. The van der Waals surface area contributed by atoms with Gasteiger partial charge in [0.1, 0.15) is 0 Å². The number of nitrogens with one attached hydrogen (secondary N) is 1. The molecule has 13 rings (SSSR count). The average molecular weight is 925 g/mol. The number of hydrogen-bond donors (Lipinski definition) is 1. The topological polar surface area (TPSA) is 15.3 Å². The van der Waals surface area contributed by atoms with Gasteiger partial charge in [-0.3, -0.25) is 0 Å². The van der Waals surface area contributed by atoms with Crippen LogP contribution in [0.4, 0.5) is 28.4 Å². The van der Waals surface area contributed by atoms with Crippen molar-refractivity contribution in [1.82, 2.24) is 0 Å². The second-order valence-electron chi connectivity index (χ2n) is 20.8. The zero-order valence-corrected chi connectivity index (χ0v) is 41.5. The van der Waals surface area contributed by atoms with E-state index in [0.717, 1.165) is 25.1 Å². The van der Waals surface area contributed by atoms with E-state index in [4.69, 9.17) is 0 Å². The van der Waals surface area contributed by atoms with Crippen LogP contribution in [0.5, 0.6) is 0 Å². The molecular weight excluding hydrogens is 872 g/mol. The van der Waals surface area contributed by atoms with Gasteiger partial charge >= 0.3 is 0 Å². The summed E-state index contributed by atoms with van der Waals surface area (Å²) in [6.45, 7) is 12.2. The maximum Gasteiger partial charge on any atom is 0.198 e. The molecule has 1 aliphatic carbocycles. The summed E-state index contributed by atoms with van der Waals surface area (Å²) >= 11 is 3.82. The average Bonchev–Trinajstić information content (AvgIpc) is 3.38. The molecule has 0 amide bonds. The second kappa shape index (κ2) is 16.0. The normalized spacial score (nSPS) is 16.2. The van der Waals surface area contributed by atoms with E-state index in [1.165, 1.54) is 115 Å². The molecule has 0 radical (unpaired) electrons. The van der Waals surface area contributed by atoms with E-state index in [-0.39, 0.29) is 10.8 Å². The van der Waals surface area contributed by atoms with Gasteiger partial charge in [0.05, 0.1) is 11.1 Å². The van der Waals surface area contributed by atoms with Crippen LogP contribution in [-0.2, 0) is 16.2 Å².